The maximum atomic E-state index is 12.5. The number of benzene rings is 1. The van der Waals surface area contributed by atoms with Gasteiger partial charge in [-0.15, -0.1) is 15.7 Å². The van der Waals surface area contributed by atoms with E-state index in [2.05, 4.69) is 20.3 Å². The van der Waals surface area contributed by atoms with Gasteiger partial charge in [-0.25, -0.2) is 0 Å². The van der Waals surface area contributed by atoms with E-state index in [1.54, 1.807) is 24.4 Å². The summed E-state index contributed by atoms with van der Waals surface area (Å²) in [4.78, 5) is 14.4. The number of carbonyl (C=O) groups excluding carboxylic acids is 1. The molecule has 1 aliphatic heterocycles. The maximum Gasteiger partial charge on any atom is 0.294 e. The Labute approximate surface area is 162 Å². The van der Waals surface area contributed by atoms with Crippen molar-refractivity contribution in [2.24, 2.45) is 4.40 Å². The van der Waals surface area contributed by atoms with Crippen molar-refractivity contribution >= 4 is 66.2 Å². The van der Waals surface area contributed by atoms with Crippen molar-refractivity contribution in [3.05, 3.63) is 56.7 Å². The Morgan fingerprint density at radius 1 is 1.24 bits per heavy atom. The molecule has 3 rings (SSSR count). The van der Waals surface area contributed by atoms with Crippen molar-refractivity contribution in [3.8, 4) is 0 Å². The molecule has 9 heteroatoms. The highest BCUT2D eigenvalue weighted by molar-refractivity contribution is 9.10. The number of carbonyl (C=O) groups is 1. The van der Waals surface area contributed by atoms with Crippen molar-refractivity contribution in [1.82, 2.24) is 4.90 Å². The van der Waals surface area contributed by atoms with Crippen LogP contribution in [0.15, 0.2) is 59.8 Å². The second kappa shape index (κ2) is 7.45. The van der Waals surface area contributed by atoms with Crippen LogP contribution in [0, 0.1) is 0 Å². The van der Waals surface area contributed by atoms with Gasteiger partial charge in [-0.1, -0.05) is 34.1 Å². The minimum Gasteiger partial charge on any atom is -0.286 e. The Kier molecular flexibility index (Phi) is 5.47. The maximum absolute atomic E-state index is 12.5. The minimum atomic E-state index is -3.81. The zero-order valence-electron chi connectivity index (χ0n) is 13.0. The van der Waals surface area contributed by atoms with Crippen LogP contribution in [0.25, 0.3) is 6.08 Å². The van der Waals surface area contributed by atoms with E-state index >= 15 is 0 Å². The van der Waals surface area contributed by atoms with Gasteiger partial charge in [0.2, 0.25) is 0 Å². The third-order valence-corrected chi connectivity index (χ3v) is 7.61. The van der Waals surface area contributed by atoms with Crippen molar-refractivity contribution in [2.45, 2.75) is 11.1 Å². The summed E-state index contributed by atoms with van der Waals surface area (Å²) in [5, 5.41) is 1.86. The van der Waals surface area contributed by atoms with Crippen molar-refractivity contribution in [1.29, 1.82) is 0 Å². The second-order valence-electron chi connectivity index (χ2n) is 4.99. The summed E-state index contributed by atoms with van der Waals surface area (Å²) in [5.41, 5.74) is 0.859. The van der Waals surface area contributed by atoms with E-state index in [0.717, 1.165) is 33.1 Å². The van der Waals surface area contributed by atoms with Crippen LogP contribution >= 0.6 is 39.0 Å². The first kappa shape index (κ1) is 18.4. The zero-order valence-corrected chi connectivity index (χ0v) is 17.1. The Hall–Kier alpha value is -1.42. The van der Waals surface area contributed by atoms with Gasteiger partial charge in [0.25, 0.3) is 15.9 Å². The molecule has 1 saturated heterocycles. The topological polar surface area (TPSA) is 66.8 Å². The summed E-state index contributed by atoms with van der Waals surface area (Å²) in [7, 11) is -3.81. The van der Waals surface area contributed by atoms with Crippen LogP contribution in [0.5, 0.6) is 0 Å². The van der Waals surface area contributed by atoms with Crippen LogP contribution in [0.4, 0.5) is 0 Å². The number of thioether (sulfide) groups is 1. The summed E-state index contributed by atoms with van der Waals surface area (Å²) in [6.45, 7) is 2.14. The summed E-state index contributed by atoms with van der Waals surface area (Å²) >= 11 is 5.54. The first-order chi connectivity index (χ1) is 11.9. The summed E-state index contributed by atoms with van der Waals surface area (Å²) < 4.78 is 29.7. The van der Waals surface area contributed by atoms with Gasteiger partial charge in [-0.2, -0.15) is 8.42 Å². The van der Waals surface area contributed by atoms with Crippen molar-refractivity contribution in [2.75, 3.05) is 6.54 Å². The first-order valence-corrected chi connectivity index (χ1v) is 11.2. The fourth-order valence-electron chi connectivity index (χ4n) is 2.12. The number of rotatable bonds is 4. The van der Waals surface area contributed by atoms with E-state index in [-0.39, 0.29) is 15.3 Å². The van der Waals surface area contributed by atoms with Crippen molar-refractivity contribution < 1.29 is 13.2 Å². The number of hydrogen-bond acceptors (Lipinski definition) is 5. The summed E-state index contributed by atoms with van der Waals surface area (Å²) in [6, 6.07) is 10.7. The molecule has 2 heterocycles. The molecule has 0 unspecified atom stereocenters. The molecule has 1 aliphatic rings. The van der Waals surface area contributed by atoms with Gasteiger partial charge in [-0.3, -0.25) is 9.69 Å². The quantitative estimate of drug-likeness (QED) is 0.646. The zero-order chi connectivity index (χ0) is 18.0. The molecule has 5 nitrogen and oxygen atoms in total. The van der Waals surface area contributed by atoms with Gasteiger partial charge in [0, 0.05) is 11.0 Å². The number of nitrogens with zero attached hydrogens (tertiary/aromatic N) is 2. The van der Waals surface area contributed by atoms with Crippen LogP contribution in [-0.2, 0) is 14.8 Å². The molecule has 0 N–H and O–H groups in total. The molecular weight excluding hydrogens is 444 g/mol. The first-order valence-electron chi connectivity index (χ1n) is 7.26. The highest BCUT2D eigenvalue weighted by Gasteiger charge is 2.34. The highest BCUT2D eigenvalue weighted by Crippen LogP contribution is 2.34. The molecule has 0 bridgehead atoms. The van der Waals surface area contributed by atoms with Crippen LogP contribution in [-0.4, -0.2) is 30.9 Å². The Morgan fingerprint density at radius 2 is 1.96 bits per heavy atom. The van der Waals surface area contributed by atoms with Crippen LogP contribution in [0.1, 0.15) is 12.5 Å². The fourth-order valence-corrected chi connectivity index (χ4v) is 5.60. The van der Waals surface area contributed by atoms with Gasteiger partial charge in [-0.05, 0) is 53.9 Å². The Balaban J connectivity index is 1.95. The molecule has 0 saturated carbocycles. The average Bonchev–Trinajstić information content (AvgIpc) is 3.19. The number of sulfonamides is 1. The SMILES string of the molecule is CCN1C(=O)/C(=C/c2ccc(Br)cc2)S/C1=N\S(=O)(=O)c1cccs1. The lowest BCUT2D eigenvalue weighted by Crippen LogP contribution is -2.29. The summed E-state index contributed by atoms with van der Waals surface area (Å²) in [5.74, 6) is -0.240. The second-order valence-corrected chi connectivity index (χ2v) is 9.70. The normalized spacial score (nSPS) is 18.5. The molecule has 25 heavy (non-hydrogen) atoms. The smallest absolute Gasteiger partial charge is 0.286 e. The van der Waals surface area contributed by atoms with Gasteiger partial charge < -0.3 is 0 Å². The van der Waals surface area contributed by atoms with E-state index < -0.39 is 10.0 Å². The highest BCUT2D eigenvalue weighted by atomic mass is 79.9. The Bertz CT molecular complexity index is 949. The average molecular weight is 457 g/mol. The summed E-state index contributed by atoms with van der Waals surface area (Å²) in [6.07, 6.45) is 1.74. The number of hydrogen-bond donors (Lipinski definition) is 0. The van der Waals surface area contributed by atoms with E-state index in [1.807, 2.05) is 24.3 Å². The van der Waals surface area contributed by atoms with Gasteiger partial charge in [0.1, 0.15) is 4.21 Å². The molecule has 1 aromatic carbocycles. The molecule has 130 valence electrons. The van der Waals surface area contributed by atoms with E-state index in [4.69, 9.17) is 0 Å². The lowest BCUT2D eigenvalue weighted by molar-refractivity contribution is -0.122. The number of amides is 1. The number of likely N-dealkylation sites (N-methyl/N-ethyl adjacent to an activating group) is 1. The lowest BCUT2D eigenvalue weighted by Gasteiger charge is -2.11. The number of halogens is 1. The van der Waals surface area contributed by atoms with Crippen LogP contribution < -0.4 is 0 Å². The van der Waals surface area contributed by atoms with E-state index in [0.29, 0.717) is 11.4 Å². The lowest BCUT2D eigenvalue weighted by atomic mass is 10.2. The van der Waals surface area contributed by atoms with Gasteiger partial charge in [0.05, 0.1) is 4.91 Å². The number of amidine groups is 1. The predicted octanol–water partition coefficient (Wildman–Crippen LogP) is 4.19. The van der Waals surface area contributed by atoms with E-state index in [1.165, 1.54) is 11.0 Å². The molecule has 0 aliphatic carbocycles. The van der Waals surface area contributed by atoms with Crippen LogP contribution in [0.3, 0.4) is 0 Å². The number of thiophene rings is 1. The predicted molar refractivity (Wildman–Crippen MR) is 106 cm³/mol. The van der Waals surface area contributed by atoms with Gasteiger partial charge >= 0.3 is 0 Å². The Morgan fingerprint density at radius 3 is 2.56 bits per heavy atom. The molecule has 1 aromatic heterocycles. The van der Waals surface area contributed by atoms with Crippen LogP contribution in [0.2, 0.25) is 0 Å². The molecule has 2 aromatic rings. The largest absolute Gasteiger partial charge is 0.294 e. The van der Waals surface area contributed by atoms with E-state index in [9.17, 15) is 13.2 Å². The third kappa shape index (κ3) is 4.05. The fraction of sp³-hybridized carbons (Fsp3) is 0.125. The van der Waals surface area contributed by atoms with Crippen molar-refractivity contribution in [3.63, 3.8) is 0 Å². The molecule has 0 radical (unpaired) electrons. The minimum absolute atomic E-state index is 0.162. The molecule has 1 amide bonds. The monoisotopic (exact) mass is 456 g/mol. The van der Waals surface area contributed by atoms with Gasteiger partial charge in [0.15, 0.2) is 5.17 Å². The molecule has 1 fully saturated rings. The standard InChI is InChI=1S/C16H13BrN2O3S3/c1-2-19-15(20)13(10-11-5-7-12(17)8-6-11)24-16(19)18-25(21,22)14-4-3-9-23-14/h3-10H,2H2,1H3/b13-10-,18-16-. The molecular formula is C16H13BrN2O3S3. The molecule has 0 atom stereocenters. The third-order valence-electron chi connectivity index (χ3n) is 3.32. The molecule has 0 spiro atoms.